The Bertz CT molecular complexity index is 179. The Morgan fingerprint density at radius 1 is 1.58 bits per heavy atom. The first kappa shape index (κ1) is 10.7. The summed E-state index contributed by atoms with van der Waals surface area (Å²) in [5.74, 6) is -0.0729. The maximum atomic E-state index is 6.85. The third kappa shape index (κ3) is 4.51. The SMILES string of the molecule is COCCN(C)/C(N)=N/C(=N)N. The van der Waals surface area contributed by atoms with Gasteiger partial charge in [-0.15, -0.1) is 0 Å². The van der Waals surface area contributed by atoms with Crippen LogP contribution in [0.3, 0.4) is 0 Å². The van der Waals surface area contributed by atoms with Crippen LogP contribution in [0.4, 0.5) is 0 Å². The van der Waals surface area contributed by atoms with E-state index in [1.807, 2.05) is 0 Å². The van der Waals surface area contributed by atoms with Crippen molar-refractivity contribution in [2.45, 2.75) is 0 Å². The molecule has 6 nitrogen and oxygen atoms in total. The van der Waals surface area contributed by atoms with Gasteiger partial charge < -0.3 is 21.1 Å². The second-order valence-electron chi connectivity index (χ2n) is 2.27. The molecule has 0 aliphatic heterocycles. The van der Waals surface area contributed by atoms with Crippen LogP contribution >= 0.6 is 0 Å². The quantitative estimate of drug-likeness (QED) is 0.367. The van der Waals surface area contributed by atoms with Gasteiger partial charge in [-0.3, -0.25) is 5.41 Å². The minimum atomic E-state index is -0.295. The lowest BCUT2D eigenvalue weighted by molar-refractivity contribution is 0.182. The van der Waals surface area contributed by atoms with E-state index in [0.717, 1.165) is 0 Å². The molecule has 0 aromatic rings. The first-order chi connectivity index (χ1) is 5.57. The largest absolute Gasteiger partial charge is 0.383 e. The average Bonchev–Trinajstić information content (AvgIpc) is 1.98. The van der Waals surface area contributed by atoms with E-state index >= 15 is 0 Å². The van der Waals surface area contributed by atoms with Crippen molar-refractivity contribution < 1.29 is 4.74 Å². The zero-order valence-corrected chi connectivity index (χ0v) is 7.37. The maximum Gasteiger partial charge on any atom is 0.215 e. The van der Waals surface area contributed by atoms with Gasteiger partial charge >= 0.3 is 0 Å². The number of likely N-dealkylation sites (N-methyl/N-ethyl adjacent to an activating group) is 1. The molecule has 0 bridgehead atoms. The van der Waals surface area contributed by atoms with Gasteiger partial charge in [-0.25, -0.2) is 0 Å². The predicted octanol–water partition coefficient (Wildman–Crippen LogP) is -1.23. The summed E-state index contributed by atoms with van der Waals surface area (Å²) in [6, 6.07) is 0. The maximum absolute atomic E-state index is 6.85. The second-order valence-corrected chi connectivity index (χ2v) is 2.27. The highest BCUT2D eigenvalue weighted by atomic mass is 16.5. The number of guanidine groups is 2. The molecule has 0 aromatic carbocycles. The van der Waals surface area contributed by atoms with Crippen LogP contribution < -0.4 is 11.5 Å². The van der Waals surface area contributed by atoms with E-state index in [1.165, 1.54) is 0 Å². The van der Waals surface area contributed by atoms with E-state index in [9.17, 15) is 0 Å². The lowest BCUT2D eigenvalue weighted by atomic mass is 10.6. The van der Waals surface area contributed by atoms with Crippen LogP contribution in [-0.4, -0.2) is 44.1 Å². The topological polar surface area (TPSA) is 101 Å². The van der Waals surface area contributed by atoms with Crippen molar-refractivity contribution in [2.24, 2.45) is 16.5 Å². The summed E-state index contributed by atoms with van der Waals surface area (Å²) >= 11 is 0. The van der Waals surface area contributed by atoms with Crippen molar-refractivity contribution >= 4 is 11.9 Å². The third-order valence-corrected chi connectivity index (χ3v) is 1.26. The first-order valence-corrected chi connectivity index (χ1v) is 3.46. The van der Waals surface area contributed by atoms with Gasteiger partial charge in [-0.2, -0.15) is 4.99 Å². The molecular weight excluding hydrogens is 158 g/mol. The predicted molar refractivity (Wildman–Crippen MR) is 48.0 cm³/mol. The molecule has 5 N–H and O–H groups in total. The zero-order valence-electron chi connectivity index (χ0n) is 7.37. The monoisotopic (exact) mass is 173 g/mol. The number of ether oxygens (including phenoxy) is 1. The van der Waals surface area contributed by atoms with Crippen LogP contribution in [0.1, 0.15) is 0 Å². The van der Waals surface area contributed by atoms with Gasteiger partial charge in [0.25, 0.3) is 0 Å². The molecule has 0 saturated heterocycles. The Morgan fingerprint density at radius 2 is 2.17 bits per heavy atom. The van der Waals surface area contributed by atoms with E-state index in [-0.39, 0.29) is 11.9 Å². The van der Waals surface area contributed by atoms with Gasteiger partial charge in [0.15, 0.2) is 5.96 Å². The van der Waals surface area contributed by atoms with Crippen LogP contribution in [-0.2, 0) is 4.74 Å². The van der Waals surface area contributed by atoms with E-state index in [4.69, 9.17) is 21.6 Å². The number of nitrogens with zero attached hydrogens (tertiary/aromatic N) is 2. The normalized spacial score (nSPS) is 11.3. The van der Waals surface area contributed by atoms with Crippen LogP contribution in [0.5, 0.6) is 0 Å². The third-order valence-electron chi connectivity index (χ3n) is 1.26. The number of nitrogens with one attached hydrogen (secondary N) is 1. The van der Waals surface area contributed by atoms with Gasteiger partial charge in [0.2, 0.25) is 5.96 Å². The van der Waals surface area contributed by atoms with E-state index in [1.54, 1.807) is 19.1 Å². The number of methoxy groups -OCH3 is 1. The van der Waals surface area contributed by atoms with Gasteiger partial charge in [0.1, 0.15) is 0 Å². The number of nitrogens with two attached hydrogens (primary N) is 2. The fraction of sp³-hybridized carbons (Fsp3) is 0.667. The molecule has 0 amide bonds. The van der Waals surface area contributed by atoms with Crippen molar-refractivity contribution in [3.8, 4) is 0 Å². The van der Waals surface area contributed by atoms with E-state index < -0.39 is 0 Å². The van der Waals surface area contributed by atoms with Crippen molar-refractivity contribution in [1.29, 1.82) is 5.41 Å². The summed E-state index contributed by atoms with van der Waals surface area (Å²) in [5.41, 5.74) is 10.5. The summed E-state index contributed by atoms with van der Waals surface area (Å²) in [6.07, 6.45) is 0. The van der Waals surface area contributed by atoms with E-state index in [0.29, 0.717) is 13.2 Å². The van der Waals surface area contributed by atoms with Crippen LogP contribution in [0, 0.1) is 5.41 Å². The molecule has 0 atom stereocenters. The Kier molecular flexibility index (Phi) is 4.78. The van der Waals surface area contributed by atoms with Crippen LogP contribution in [0.15, 0.2) is 4.99 Å². The number of hydrogen-bond donors (Lipinski definition) is 3. The molecule has 70 valence electrons. The summed E-state index contributed by atoms with van der Waals surface area (Å²) in [5, 5.41) is 6.85. The molecule has 0 unspecified atom stereocenters. The zero-order chi connectivity index (χ0) is 9.56. The number of aliphatic imine (C=N–C) groups is 1. The molecule has 0 heterocycles. The average molecular weight is 173 g/mol. The molecule has 0 aromatic heterocycles. The lowest BCUT2D eigenvalue weighted by Crippen LogP contribution is -2.37. The molecule has 0 fully saturated rings. The van der Waals surface area contributed by atoms with Crippen molar-refractivity contribution in [2.75, 3.05) is 27.3 Å². The Morgan fingerprint density at radius 3 is 2.58 bits per heavy atom. The van der Waals surface area contributed by atoms with Crippen LogP contribution in [0.25, 0.3) is 0 Å². The Labute approximate surface area is 71.7 Å². The van der Waals surface area contributed by atoms with E-state index in [2.05, 4.69) is 4.99 Å². The highest BCUT2D eigenvalue weighted by molar-refractivity contribution is 5.91. The highest BCUT2D eigenvalue weighted by Gasteiger charge is 2.00. The van der Waals surface area contributed by atoms with Gasteiger partial charge in [-0.05, 0) is 0 Å². The molecule has 6 heteroatoms. The van der Waals surface area contributed by atoms with Crippen molar-refractivity contribution in [1.82, 2.24) is 4.90 Å². The molecule has 0 aliphatic rings. The van der Waals surface area contributed by atoms with Crippen LogP contribution in [0.2, 0.25) is 0 Å². The second kappa shape index (κ2) is 5.36. The number of hydrogen-bond acceptors (Lipinski definition) is 2. The summed E-state index contributed by atoms with van der Waals surface area (Å²) < 4.78 is 4.83. The Hall–Kier alpha value is -1.30. The van der Waals surface area contributed by atoms with Gasteiger partial charge in [0, 0.05) is 20.7 Å². The van der Waals surface area contributed by atoms with Crippen molar-refractivity contribution in [3.63, 3.8) is 0 Å². The standard InChI is InChI=1S/C6H15N5O/c1-11(3-4-12-2)6(9)10-5(7)8/h3-4H2,1-2H3,(H5,7,8,9,10). The fourth-order valence-electron chi connectivity index (χ4n) is 0.552. The lowest BCUT2D eigenvalue weighted by Gasteiger charge is -2.16. The highest BCUT2D eigenvalue weighted by Crippen LogP contribution is 1.82. The summed E-state index contributed by atoms with van der Waals surface area (Å²) in [6.45, 7) is 1.18. The molecule has 0 aliphatic carbocycles. The minimum Gasteiger partial charge on any atom is -0.383 e. The van der Waals surface area contributed by atoms with Crippen molar-refractivity contribution in [3.05, 3.63) is 0 Å². The molecule has 0 spiro atoms. The molecule has 0 radical (unpaired) electrons. The van der Waals surface area contributed by atoms with Gasteiger partial charge in [-0.1, -0.05) is 0 Å². The fourth-order valence-corrected chi connectivity index (χ4v) is 0.552. The Balaban J connectivity index is 3.91. The minimum absolute atomic E-state index is 0.222. The van der Waals surface area contributed by atoms with Gasteiger partial charge in [0.05, 0.1) is 6.61 Å². The molecule has 12 heavy (non-hydrogen) atoms. The molecule has 0 rings (SSSR count). The molecule has 0 saturated carbocycles. The first-order valence-electron chi connectivity index (χ1n) is 3.46. The molecular formula is C6H15N5O. The summed E-state index contributed by atoms with van der Waals surface area (Å²) in [4.78, 5) is 5.21. The number of rotatable bonds is 3. The smallest absolute Gasteiger partial charge is 0.215 e. The summed E-state index contributed by atoms with van der Waals surface area (Å²) in [7, 11) is 3.35.